The number of amides is 2. The molecule has 2 aromatic rings. The summed E-state index contributed by atoms with van der Waals surface area (Å²) in [5, 5.41) is 3.21. The standard InChI is InChI=1S/C18H16Cl2N2O5/c1-10(27-15-7-4-12(19)8-14(15)20)18(25)26-9-16(23)22-13-5-2-11(3-6-13)17(21)24/h2-8,10H,9H2,1H3,(H2,21,24)(H,22,23). The summed E-state index contributed by atoms with van der Waals surface area (Å²) in [5.74, 6) is -1.59. The lowest BCUT2D eigenvalue weighted by Gasteiger charge is -2.15. The van der Waals surface area contributed by atoms with Gasteiger partial charge < -0.3 is 20.5 Å². The molecule has 0 aliphatic heterocycles. The summed E-state index contributed by atoms with van der Waals surface area (Å²) in [6.45, 7) is 0.964. The van der Waals surface area contributed by atoms with Gasteiger partial charge in [0.1, 0.15) is 5.75 Å². The molecule has 9 heteroatoms. The van der Waals surface area contributed by atoms with Crippen LogP contribution in [0, 0.1) is 0 Å². The summed E-state index contributed by atoms with van der Waals surface area (Å²) in [4.78, 5) is 34.8. The fourth-order valence-corrected chi connectivity index (χ4v) is 2.43. The number of halogens is 2. The lowest BCUT2D eigenvalue weighted by atomic mass is 10.2. The molecule has 0 aromatic heterocycles. The van der Waals surface area contributed by atoms with E-state index in [1.807, 2.05) is 0 Å². The molecule has 7 nitrogen and oxygen atoms in total. The third kappa shape index (κ3) is 6.16. The number of hydrogen-bond acceptors (Lipinski definition) is 5. The number of primary amides is 1. The van der Waals surface area contributed by atoms with Gasteiger partial charge in [0.15, 0.2) is 12.7 Å². The van der Waals surface area contributed by atoms with Crippen molar-refractivity contribution in [1.82, 2.24) is 0 Å². The molecule has 0 spiro atoms. The first-order valence-electron chi connectivity index (χ1n) is 7.74. The Kier molecular flexibility index (Phi) is 7.04. The average molecular weight is 411 g/mol. The highest BCUT2D eigenvalue weighted by molar-refractivity contribution is 6.35. The van der Waals surface area contributed by atoms with Crippen molar-refractivity contribution in [2.45, 2.75) is 13.0 Å². The van der Waals surface area contributed by atoms with Crippen LogP contribution in [0.3, 0.4) is 0 Å². The van der Waals surface area contributed by atoms with Gasteiger partial charge in [0.05, 0.1) is 5.02 Å². The highest BCUT2D eigenvalue weighted by atomic mass is 35.5. The molecule has 2 amide bonds. The van der Waals surface area contributed by atoms with Crippen LogP contribution < -0.4 is 15.8 Å². The van der Waals surface area contributed by atoms with E-state index >= 15 is 0 Å². The first-order valence-corrected chi connectivity index (χ1v) is 8.50. The van der Waals surface area contributed by atoms with Crippen molar-refractivity contribution in [1.29, 1.82) is 0 Å². The summed E-state index contributed by atoms with van der Waals surface area (Å²) in [6.07, 6.45) is -0.980. The molecule has 0 aliphatic rings. The number of rotatable bonds is 7. The summed E-state index contributed by atoms with van der Waals surface area (Å²) in [6, 6.07) is 10.5. The normalized spacial score (nSPS) is 11.4. The topological polar surface area (TPSA) is 108 Å². The van der Waals surface area contributed by atoms with Crippen LogP contribution in [0.5, 0.6) is 5.75 Å². The first-order chi connectivity index (χ1) is 12.8. The number of anilines is 1. The van der Waals surface area contributed by atoms with Crippen LogP contribution in [-0.2, 0) is 14.3 Å². The summed E-state index contributed by atoms with van der Waals surface area (Å²) < 4.78 is 10.3. The second-order valence-corrected chi connectivity index (χ2v) is 6.28. The van der Waals surface area contributed by atoms with E-state index in [9.17, 15) is 14.4 Å². The van der Waals surface area contributed by atoms with Crippen molar-refractivity contribution in [2.24, 2.45) is 5.73 Å². The Labute approximate surface area is 165 Å². The van der Waals surface area contributed by atoms with Gasteiger partial charge in [-0.25, -0.2) is 4.79 Å². The molecule has 0 bridgehead atoms. The molecule has 0 radical (unpaired) electrons. The first kappa shape index (κ1) is 20.5. The van der Waals surface area contributed by atoms with Crippen molar-refractivity contribution in [3.05, 3.63) is 58.1 Å². The van der Waals surface area contributed by atoms with Crippen LogP contribution >= 0.6 is 23.2 Å². The molecule has 2 aromatic carbocycles. The molecule has 0 fully saturated rings. The molecule has 1 atom stereocenters. The van der Waals surface area contributed by atoms with Gasteiger partial charge >= 0.3 is 5.97 Å². The number of esters is 1. The SMILES string of the molecule is CC(Oc1ccc(Cl)cc1Cl)C(=O)OCC(=O)Nc1ccc(C(N)=O)cc1. The van der Waals surface area contributed by atoms with Crippen molar-refractivity contribution >= 4 is 46.7 Å². The van der Waals surface area contributed by atoms with E-state index in [1.165, 1.54) is 43.3 Å². The number of nitrogens with two attached hydrogens (primary N) is 1. The van der Waals surface area contributed by atoms with E-state index < -0.39 is 30.5 Å². The second kappa shape index (κ2) is 9.25. The third-order valence-electron chi connectivity index (χ3n) is 3.33. The molecule has 0 aliphatic carbocycles. The Hall–Kier alpha value is -2.77. The zero-order valence-electron chi connectivity index (χ0n) is 14.2. The minimum atomic E-state index is -0.980. The molecule has 0 saturated heterocycles. The van der Waals surface area contributed by atoms with Gasteiger partial charge in [-0.05, 0) is 49.4 Å². The monoisotopic (exact) mass is 410 g/mol. The summed E-state index contributed by atoms with van der Waals surface area (Å²) in [7, 11) is 0. The second-order valence-electron chi connectivity index (χ2n) is 5.43. The lowest BCUT2D eigenvalue weighted by molar-refractivity contribution is -0.153. The van der Waals surface area contributed by atoms with Crippen LogP contribution in [0.25, 0.3) is 0 Å². The minimum absolute atomic E-state index is 0.249. The zero-order chi connectivity index (χ0) is 20.0. The Bertz CT molecular complexity index is 855. The van der Waals surface area contributed by atoms with Gasteiger partial charge in [-0.15, -0.1) is 0 Å². The van der Waals surface area contributed by atoms with Crippen LogP contribution in [0.15, 0.2) is 42.5 Å². The smallest absolute Gasteiger partial charge is 0.347 e. The molecule has 2 rings (SSSR count). The minimum Gasteiger partial charge on any atom is -0.477 e. The lowest BCUT2D eigenvalue weighted by Crippen LogP contribution is -2.29. The van der Waals surface area contributed by atoms with E-state index in [-0.39, 0.29) is 10.8 Å². The van der Waals surface area contributed by atoms with Crippen LogP contribution in [0.1, 0.15) is 17.3 Å². The van der Waals surface area contributed by atoms with Gasteiger partial charge in [0.25, 0.3) is 5.91 Å². The number of hydrogen-bond donors (Lipinski definition) is 2. The summed E-state index contributed by atoms with van der Waals surface area (Å²) in [5.41, 5.74) is 5.88. The van der Waals surface area contributed by atoms with Gasteiger partial charge in [0.2, 0.25) is 5.91 Å². The number of ether oxygens (including phenoxy) is 2. The van der Waals surface area contributed by atoms with Crippen molar-refractivity contribution in [3.63, 3.8) is 0 Å². The van der Waals surface area contributed by atoms with Crippen LogP contribution in [0.4, 0.5) is 5.69 Å². The third-order valence-corrected chi connectivity index (χ3v) is 3.86. The Morgan fingerprint density at radius 2 is 1.78 bits per heavy atom. The Balaban J connectivity index is 1.83. The van der Waals surface area contributed by atoms with Gasteiger partial charge in [-0.2, -0.15) is 0 Å². The highest BCUT2D eigenvalue weighted by Crippen LogP contribution is 2.28. The molecule has 27 heavy (non-hydrogen) atoms. The number of nitrogens with one attached hydrogen (secondary N) is 1. The van der Waals surface area contributed by atoms with E-state index in [0.29, 0.717) is 16.3 Å². The fraction of sp³-hybridized carbons (Fsp3) is 0.167. The van der Waals surface area contributed by atoms with E-state index in [0.717, 1.165) is 0 Å². The zero-order valence-corrected chi connectivity index (χ0v) is 15.7. The van der Waals surface area contributed by atoms with E-state index in [1.54, 1.807) is 6.07 Å². The predicted octanol–water partition coefficient (Wildman–Crippen LogP) is 3.04. The van der Waals surface area contributed by atoms with Crippen molar-refractivity contribution in [2.75, 3.05) is 11.9 Å². The van der Waals surface area contributed by atoms with Gasteiger partial charge in [-0.1, -0.05) is 23.2 Å². The van der Waals surface area contributed by atoms with E-state index in [2.05, 4.69) is 5.32 Å². The van der Waals surface area contributed by atoms with Gasteiger partial charge in [-0.3, -0.25) is 9.59 Å². The largest absolute Gasteiger partial charge is 0.477 e. The molecule has 0 heterocycles. The van der Waals surface area contributed by atoms with Crippen molar-refractivity contribution in [3.8, 4) is 5.75 Å². The average Bonchev–Trinajstić information content (AvgIpc) is 2.62. The Morgan fingerprint density at radius 1 is 1.11 bits per heavy atom. The maximum Gasteiger partial charge on any atom is 0.347 e. The maximum atomic E-state index is 12.0. The maximum absolute atomic E-state index is 12.0. The molecular weight excluding hydrogens is 395 g/mol. The van der Waals surface area contributed by atoms with Gasteiger partial charge in [0, 0.05) is 16.3 Å². The van der Waals surface area contributed by atoms with Crippen molar-refractivity contribution < 1.29 is 23.9 Å². The number of benzene rings is 2. The summed E-state index contributed by atoms with van der Waals surface area (Å²) >= 11 is 11.8. The van der Waals surface area contributed by atoms with Crippen LogP contribution in [0.2, 0.25) is 10.0 Å². The Morgan fingerprint density at radius 3 is 2.37 bits per heavy atom. The molecule has 142 valence electrons. The highest BCUT2D eigenvalue weighted by Gasteiger charge is 2.19. The molecule has 1 unspecified atom stereocenters. The van der Waals surface area contributed by atoms with E-state index in [4.69, 9.17) is 38.4 Å². The molecule has 3 N–H and O–H groups in total. The number of carbonyl (C=O) groups is 3. The molecular formula is C18H16Cl2N2O5. The fourth-order valence-electron chi connectivity index (χ4n) is 1.98. The predicted molar refractivity (Wildman–Crippen MR) is 101 cm³/mol. The number of carbonyl (C=O) groups excluding carboxylic acids is 3. The van der Waals surface area contributed by atoms with Crippen LogP contribution in [-0.4, -0.2) is 30.5 Å². The molecule has 0 saturated carbocycles. The quantitative estimate of drug-likeness (QED) is 0.681.